The molecule has 1 aliphatic rings. The molecular weight excluding hydrogens is 408 g/mol. The summed E-state index contributed by atoms with van der Waals surface area (Å²) in [5, 5.41) is 18.2. The van der Waals surface area contributed by atoms with Gasteiger partial charge in [0.25, 0.3) is 0 Å². The minimum Gasteiger partial charge on any atom is -0.354 e. The smallest absolute Gasteiger partial charge is 0.343 e. The average molecular weight is 425 g/mol. The molecule has 11 nitrogen and oxygen atoms in total. The van der Waals surface area contributed by atoms with Crippen molar-refractivity contribution < 1.29 is 9.59 Å². The number of nitrogens with one attached hydrogen (secondary N) is 2. The van der Waals surface area contributed by atoms with Crippen LogP contribution >= 0.6 is 22.9 Å². The van der Waals surface area contributed by atoms with Crippen molar-refractivity contribution in [2.24, 2.45) is 0 Å². The van der Waals surface area contributed by atoms with Crippen molar-refractivity contribution in [2.45, 2.75) is 13.0 Å². The molecule has 0 saturated carbocycles. The number of halogens is 1. The van der Waals surface area contributed by atoms with E-state index in [0.29, 0.717) is 35.6 Å². The number of carbonyl (C=O) groups excluding carboxylic acids is 2. The second-order valence-corrected chi connectivity index (χ2v) is 7.57. The van der Waals surface area contributed by atoms with Gasteiger partial charge in [-0.15, -0.1) is 0 Å². The molecule has 0 bridgehead atoms. The predicted octanol–water partition coefficient (Wildman–Crippen LogP) is -0.592. The van der Waals surface area contributed by atoms with E-state index in [0.717, 1.165) is 0 Å². The van der Waals surface area contributed by atoms with Crippen molar-refractivity contribution in [3.05, 3.63) is 26.8 Å². The van der Waals surface area contributed by atoms with Crippen LogP contribution in [0.2, 0.25) is 4.34 Å². The Balaban J connectivity index is 1.75. The molecule has 148 valence electrons. The van der Waals surface area contributed by atoms with Gasteiger partial charge in [-0.05, 0) is 0 Å². The molecule has 0 spiro atoms. The number of amides is 2. The van der Waals surface area contributed by atoms with Gasteiger partial charge in [0.05, 0.1) is 0 Å². The second-order valence-electron chi connectivity index (χ2n) is 5.99. The van der Waals surface area contributed by atoms with Gasteiger partial charge in [-0.1, -0.05) is 22.9 Å². The van der Waals surface area contributed by atoms with E-state index in [-0.39, 0.29) is 37.0 Å². The van der Waals surface area contributed by atoms with E-state index < -0.39 is 5.69 Å². The second kappa shape index (κ2) is 8.85. The molecule has 0 aromatic carbocycles. The van der Waals surface area contributed by atoms with Crippen molar-refractivity contribution >= 4 is 39.9 Å². The first-order valence-corrected chi connectivity index (χ1v) is 9.63. The standard InChI is InChI=1S/C15H17ClN8O3S/c16-13-10(7-17)20-15(28-13)23-4-2-18-11(25)1-3-22(5-6-23)12(26)8-24-9-19-21-14(24)27/h9H,1-6,8H2,(H,18,25)(H,21,27). The summed E-state index contributed by atoms with van der Waals surface area (Å²) in [5.41, 5.74) is -0.328. The highest BCUT2D eigenvalue weighted by Gasteiger charge is 2.21. The first kappa shape index (κ1) is 19.8. The molecule has 0 radical (unpaired) electrons. The number of carbonyl (C=O) groups is 2. The number of rotatable bonds is 3. The minimum atomic E-state index is -0.477. The van der Waals surface area contributed by atoms with Gasteiger partial charge in [0, 0.05) is 39.1 Å². The summed E-state index contributed by atoms with van der Waals surface area (Å²) in [7, 11) is 0. The molecule has 2 aromatic rings. The number of nitriles is 1. The van der Waals surface area contributed by atoms with E-state index in [2.05, 4.69) is 20.5 Å². The summed E-state index contributed by atoms with van der Waals surface area (Å²) < 4.78 is 1.46. The lowest BCUT2D eigenvalue weighted by Crippen LogP contribution is -2.46. The molecule has 2 aromatic heterocycles. The number of aromatic nitrogens is 4. The van der Waals surface area contributed by atoms with E-state index in [1.165, 1.54) is 27.1 Å². The van der Waals surface area contributed by atoms with Crippen molar-refractivity contribution in [1.29, 1.82) is 5.26 Å². The zero-order valence-electron chi connectivity index (χ0n) is 14.7. The predicted molar refractivity (Wildman–Crippen MR) is 101 cm³/mol. The normalized spacial score (nSPS) is 15.8. The van der Waals surface area contributed by atoms with E-state index >= 15 is 0 Å². The number of thiazole rings is 1. The summed E-state index contributed by atoms with van der Waals surface area (Å²) >= 11 is 7.20. The van der Waals surface area contributed by atoms with Gasteiger partial charge in [-0.25, -0.2) is 14.9 Å². The van der Waals surface area contributed by atoms with E-state index in [4.69, 9.17) is 16.9 Å². The fraction of sp³-hybridized carbons (Fsp3) is 0.467. The van der Waals surface area contributed by atoms with Crippen LogP contribution in [0.5, 0.6) is 0 Å². The van der Waals surface area contributed by atoms with Crippen LogP contribution in [0.3, 0.4) is 0 Å². The Morgan fingerprint density at radius 1 is 1.32 bits per heavy atom. The Bertz CT molecular complexity index is 961. The van der Waals surface area contributed by atoms with Crippen LogP contribution in [0.1, 0.15) is 12.1 Å². The maximum atomic E-state index is 12.6. The zero-order chi connectivity index (χ0) is 20.1. The van der Waals surface area contributed by atoms with Crippen LogP contribution in [0.15, 0.2) is 11.1 Å². The van der Waals surface area contributed by atoms with Crippen molar-refractivity contribution in [1.82, 2.24) is 30.0 Å². The molecule has 0 unspecified atom stereocenters. The average Bonchev–Trinajstić information content (AvgIpc) is 3.25. The summed E-state index contributed by atoms with van der Waals surface area (Å²) in [5.74, 6) is -0.471. The van der Waals surface area contributed by atoms with Gasteiger partial charge in [0.15, 0.2) is 10.8 Å². The van der Waals surface area contributed by atoms with Gasteiger partial charge in [0.2, 0.25) is 11.8 Å². The number of H-pyrrole nitrogens is 1. The van der Waals surface area contributed by atoms with Crippen LogP contribution in [-0.4, -0.2) is 69.2 Å². The van der Waals surface area contributed by atoms with Gasteiger partial charge in [-0.2, -0.15) is 10.4 Å². The van der Waals surface area contributed by atoms with Crippen LogP contribution in [0.4, 0.5) is 5.13 Å². The summed E-state index contributed by atoms with van der Waals surface area (Å²) in [6.07, 6.45) is 1.43. The highest BCUT2D eigenvalue weighted by Crippen LogP contribution is 2.30. The number of anilines is 1. The molecular formula is C15H17ClN8O3S. The van der Waals surface area contributed by atoms with Gasteiger partial charge in [-0.3, -0.25) is 14.2 Å². The quantitative estimate of drug-likeness (QED) is 0.670. The number of hydrogen-bond donors (Lipinski definition) is 2. The first-order chi connectivity index (χ1) is 13.5. The topological polar surface area (TPSA) is 140 Å². The molecule has 2 amide bonds. The Hall–Kier alpha value is -2.91. The van der Waals surface area contributed by atoms with Crippen molar-refractivity contribution in [3.8, 4) is 6.07 Å². The van der Waals surface area contributed by atoms with Crippen LogP contribution in [-0.2, 0) is 16.1 Å². The van der Waals surface area contributed by atoms with Gasteiger partial charge < -0.3 is 15.1 Å². The molecule has 28 heavy (non-hydrogen) atoms. The molecule has 1 saturated heterocycles. The molecule has 2 N–H and O–H groups in total. The van der Waals surface area contributed by atoms with Crippen LogP contribution in [0, 0.1) is 11.3 Å². The lowest BCUT2D eigenvalue weighted by molar-refractivity contribution is -0.132. The molecule has 0 aliphatic carbocycles. The summed E-state index contributed by atoms with van der Waals surface area (Å²) in [6, 6.07) is 1.93. The maximum absolute atomic E-state index is 12.6. The first-order valence-electron chi connectivity index (χ1n) is 8.43. The SMILES string of the molecule is N#Cc1nc(N2CCNC(=O)CCN(C(=O)Cn3cn[nH]c3=O)CC2)sc1Cl. The third-order valence-corrected chi connectivity index (χ3v) is 5.50. The zero-order valence-corrected chi connectivity index (χ0v) is 16.3. The number of nitrogens with zero attached hydrogens (tertiary/aromatic N) is 6. The fourth-order valence-electron chi connectivity index (χ4n) is 2.68. The third-order valence-electron chi connectivity index (χ3n) is 4.18. The molecule has 1 fully saturated rings. The molecule has 3 rings (SSSR count). The molecule has 1 aliphatic heterocycles. The van der Waals surface area contributed by atoms with E-state index in [9.17, 15) is 14.4 Å². The Morgan fingerprint density at radius 2 is 2.14 bits per heavy atom. The van der Waals surface area contributed by atoms with Crippen LogP contribution in [0.25, 0.3) is 0 Å². The number of hydrogen-bond acceptors (Lipinski definition) is 8. The molecule has 13 heteroatoms. The minimum absolute atomic E-state index is 0.148. The van der Waals surface area contributed by atoms with Crippen molar-refractivity contribution in [3.63, 3.8) is 0 Å². The molecule has 0 atom stereocenters. The Kier molecular flexibility index (Phi) is 6.27. The number of aromatic amines is 1. The molecule has 3 heterocycles. The lowest BCUT2D eigenvalue weighted by Gasteiger charge is -2.29. The lowest BCUT2D eigenvalue weighted by atomic mass is 10.3. The monoisotopic (exact) mass is 424 g/mol. The van der Waals surface area contributed by atoms with Gasteiger partial charge >= 0.3 is 5.69 Å². The Morgan fingerprint density at radius 3 is 2.82 bits per heavy atom. The summed E-state index contributed by atoms with van der Waals surface area (Å²) in [4.78, 5) is 43.8. The summed E-state index contributed by atoms with van der Waals surface area (Å²) in [6.45, 7) is 1.71. The Labute approximate surface area is 168 Å². The van der Waals surface area contributed by atoms with Crippen LogP contribution < -0.4 is 15.9 Å². The van der Waals surface area contributed by atoms with Crippen molar-refractivity contribution in [2.75, 3.05) is 37.6 Å². The third kappa shape index (κ3) is 4.68. The van der Waals surface area contributed by atoms with E-state index in [1.807, 2.05) is 11.0 Å². The maximum Gasteiger partial charge on any atom is 0.343 e. The highest BCUT2D eigenvalue weighted by atomic mass is 35.5. The van der Waals surface area contributed by atoms with E-state index in [1.54, 1.807) is 0 Å². The fourth-order valence-corrected chi connectivity index (χ4v) is 3.77. The highest BCUT2D eigenvalue weighted by molar-refractivity contribution is 7.19. The van der Waals surface area contributed by atoms with Gasteiger partial charge in [0.1, 0.15) is 23.3 Å². The largest absolute Gasteiger partial charge is 0.354 e.